The first kappa shape index (κ1) is 21.2. The highest BCUT2D eigenvalue weighted by Crippen LogP contribution is 2.23. The second-order valence-electron chi connectivity index (χ2n) is 7.61. The van der Waals surface area contributed by atoms with Gasteiger partial charge in [-0.25, -0.2) is 18.0 Å². The molecule has 1 saturated heterocycles. The molecule has 1 aliphatic heterocycles. The second kappa shape index (κ2) is 9.31. The van der Waals surface area contributed by atoms with Crippen LogP contribution in [0.25, 0.3) is 0 Å². The van der Waals surface area contributed by atoms with Gasteiger partial charge in [-0.1, -0.05) is 24.3 Å². The van der Waals surface area contributed by atoms with Crippen LogP contribution in [-0.4, -0.2) is 48.2 Å². The fourth-order valence-corrected chi connectivity index (χ4v) is 3.62. The maximum Gasteiger partial charge on any atom is 0.318 e. The normalized spacial score (nSPS) is 20.9. The summed E-state index contributed by atoms with van der Waals surface area (Å²) in [7, 11) is 1.85. The quantitative estimate of drug-likeness (QED) is 0.806. The van der Waals surface area contributed by atoms with Gasteiger partial charge in [0.2, 0.25) is 0 Å². The number of halogens is 3. The Morgan fingerprint density at radius 3 is 2.31 bits per heavy atom. The number of rotatable bonds is 5. The van der Waals surface area contributed by atoms with Gasteiger partial charge >= 0.3 is 6.03 Å². The Morgan fingerprint density at radius 1 is 1.14 bits per heavy atom. The first-order valence-electron chi connectivity index (χ1n) is 9.73. The summed E-state index contributed by atoms with van der Waals surface area (Å²) in [6, 6.07) is 10.4. The van der Waals surface area contributed by atoms with Crippen LogP contribution in [0.1, 0.15) is 30.5 Å². The highest BCUT2D eigenvalue weighted by Gasteiger charge is 2.35. The number of carbonyl (C=O) groups excluding carboxylic acids is 1. The predicted octanol–water partition coefficient (Wildman–Crippen LogP) is 4.28. The van der Waals surface area contributed by atoms with Crippen molar-refractivity contribution in [2.24, 2.45) is 0 Å². The molecular formula is C22H26F3N3O. The number of benzene rings is 2. The van der Waals surface area contributed by atoms with E-state index >= 15 is 0 Å². The van der Waals surface area contributed by atoms with Gasteiger partial charge in [0, 0.05) is 19.6 Å². The van der Waals surface area contributed by atoms with E-state index in [9.17, 15) is 18.0 Å². The topological polar surface area (TPSA) is 35.6 Å². The molecule has 0 bridgehead atoms. The summed E-state index contributed by atoms with van der Waals surface area (Å²) >= 11 is 0. The zero-order valence-electron chi connectivity index (χ0n) is 16.6. The van der Waals surface area contributed by atoms with Crippen molar-refractivity contribution in [3.8, 4) is 0 Å². The summed E-state index contributed by atoms with van der Waals surface area (Å²) in [5.74, 6) is -0.714. The number of likely N-dealkylation sites (tertiary alicyclic amines) is 1. The van der Waals surface area contributed by atoms with Gasteiger partial charge in [-0.05, 0) is 55.8 Å². The van der Waals surface area contributed by atoms with Crippen LogP contribution in [0.5, 0.6) is 0 Å². The van der Waals surface area contributed by atoms with Gasteiger partial charge in [0.15, 0.2) is 0 Å². The van der Waals surface area contributed by atoms with Crippen LogP contribution in [0.2, 0.25) is 0 Å². The van der Waals surface area contributed by atoms with E-state index in [0.29, 0.717) is 13.0 Å². The lowest BCUT2D eigenvalue weighted by Gasteiger charge is -2.40. The first-order valence-corrected chi connectivity index (χ1v) is 9.73. The lowest BCUT2D eigenvalue weighted by atomic mass is 10.0. The Hall–Kier alpha value is -2.54. The highest BCUT2D eigenvalue weighted by molar-refractivity contribution is 5.75. The van der Waals surface area contributed by atoms with Gasteiger partial charge in [-0.15, -0.1) is 0 Å². The van der Waals surface area contributed by atoms with E-state index in [-0.39, 0.29) is 30.8 Å². The van der Waals surface area contributed by atoms with Crippen molar-refractivity contribution in [1.82, 2.24) is 15.1 Å². The van der Waals surface area contributed by atoms with Crippen LogP contribution in [0, 0.1) is 11.6 Å². The third-order valence-corrected chi connectivity index (χ3v) is 5.35. The Bertz CT molecular complexity index is 813. The zero-order valence-corrected chi connectivity index (χ0v) is 16.6. The van der Waals surface area contributed by atoms with E-state index in [2.05, 4.69) is 5.32 Å². The van der Waals surface area contributed by atoms with Crippen molar-refractivity contribution in [1.29, 1.82) is 0 Å². The number of alkyl halides is 1. The second-order valence-corrected chi connectivity index (χ2v) is 7.61. The zero-order chi connectivity index (χ0) is 21.0. The first-order chi connectivity index (χ1) is 13.8. The minimum Gasteiger partial charge on any atom is -0.331 e. The van der Waals surface area contributed by atoms with E-state index in [1.165, 1.54) is 29.2 Å². The van der Waals surface area contributed by atoms with Crippen LogP contribution in [0.3, 0.4) is 0 Å². The number of urea groups is 1. The molecule has 156 valence electrons. The van der Waals surface area contributed by atoms with Gasteiger partial charge in [0.25, 0.3) is 0 Å². The standard InChI is InChI=1S/C22H26F3N3O/c1-15(17-5-9-19(24)10-6-17)26-22(29)28(13-16-3-7-18(23)8-4-16)21-11-12-27(2)14-20(21)25/h3-10,15,20-21H,11-14H2,1-2H3,(H,26,29)/t15-,20+,21-/m1/s1. The molecule has 1 fully saturated rings. The number of hydrogen-bond acceptors (Lipinski definition) is 2. The minimum absolute atomic E-state index is 0.178. The SMILES string of the molecule is C[C@@H](NC(=O)N(Cc1ccc(F)cc1)[C@@H]1CCN(C)C[C@@H]1F)c1ccc(F)cc1. The maximum absolute atomic E-state index is 14.8. The van der Waals surface area contributed by atoms with Crippen molar-refractivity contribution < 1.29 is 18.0 Å². The Kier molecular flexibility index (Phi) is 6.79. The summed E-state index contributed by atoms with van der Waals surface area (Å²) in [5, 5.41) is 2.89. The van der Waals surface area contributed by atoms with Gasteiger partial charge < -0.3 is 15.1 Å². The molecule has 0 spiro atoms. The van der Waals surface area contributed by atoms with Gasteiger partial charge in [-0.2, -0.15) is 0 Å². The average molecular weight is 405 g/mol. The van der Waals surface area contributed by atoms with Gasteiger partial charge in [-0.3, -0.25) is 0 Å². The number of nitrogens with zero attached hydrogens (tertiary/aromatic N) is 2. The largest absolute Gasteiger partial charge is 0.331 e. The molecule has 3 atom stereocenters. The lowest BCUT2D eigenvalue weighted by Crippen LogP contribution is -2.55. The predicted molar refractivity (Wildman–Crippen MR) is 106 cm³/mol. The van der Waals surface area contributed by atoms with E-state index in [1.807, 2.05) is 11.9 Å². The van der Waals surface area contributed by atoms with Crippen molar-refractivity contribution in [2.75, 3.05) is 20.1 Å². The molecule has 0 saturated carbocycles. The van der Waals surface area contributed by atoms with E-state index in [4.69, 9.17) is 0 Å². The summed E-state index contributed by atoms with van der Waals surface area (Å²) < 4.78 is 41.2. The summed E-state index contributed by atoms with van der Waals surface area (Å²) in [6.45, 7) is 2.91. The summed E-state index contributed by atoms with van der Waals surface area (Å²) in [6.07, 6.45) is -0.668. The molecule has 0 radical (unpaired) electrons. The van der Waals surface area contributed by atoms with Crippen molar-refractivity contribution in [3.63, 3.8) is 0 Å². The smallest absolute Gasteiger partial charge is 0.318 e. The molecule has 0 aromatic heterocycles. The third-order valence-electron chi connectivity index (χ3n) is 5.35. The van der Waals surface area contributed by atoms with Crippen LogP contribution in [-0.2, 0) is 6.54 Å². The van der Waals surface area contributed by atoms with Crippen LogP contribution in [0.15, 0.2) is 48.5 Å². The molecule has 4 nitrogen and oxygen atoms in total. The molecule has 0 unspecified atom stereocenters. The van der Waals surface area contributed by atoms with Gasteiger partial charge in [0.05, 0.1) is 12.1 Å². The fraction of sp³-hybridized carbons (Fsp3) is 0.409. The summed E-state index contributed by atoms with van der Waals surface area (Å²) in [4.78, 5) is 16.5. The molecule has 29 heavy (non-hydrogen) atoms. The number of amides is 2. The monoisotopic (exact) mass is 405 g/mol. The van der Waals surface area contributed by atoms with Crippen molar-refractivity contribution >= 4 is 6.03 Å². The molecule has 3 rings (SSSR count). The van der Waals surface area contributed by atoms with E-state index < -0.39 is 18.2 Å². The molecule has 1 N–H and O–H groups in total. The summed E-state index contributed by atoms with van der Waals surface area (Å²) in [5.41, 5.74) is 1.48. The fourth-order valence-electron chi connectivity index (χ4n) is 3.62. The van der Waals surface area contributed by atoms with E-state index in [0.717, 1.165) is 11.1 Å². The molecule has 0 aliphatic carbocycles. The lowest BCUT2D eigenvalue weighted by molar-refractivity contribution is 0.0565. The molecule has 1 aliphatic rings. The van der Waals surface area contributed by atoms with Crippen LogP contribution in [0.4, 0.5) is 18.0 Å². The molecule has 7 heteroatoms. The number of piperidine rings is 1. The van der Waals surface area contributed by atoms with Gasteiger partial charge in [0.1, 0.15) is 17.8 Å². The Labute approximate surface area is 169 Å². The molecule has 2 aromatic carbocycles. The number of nitrogens with one attached hydrogen (secondary N) is 1. The Balaban J connectivity index is 1.78. The van der Waals surface area contributed by atoms with E-state index in [1.54, 1.807) is 31.2 Å². The van der Waals surface area contributed by atoms with Crippen molar-refractivity contribution in [2.45, 2.75) is 38.1 Å². The van der Waals surface area contributed by atoms with Crippen LogP contribution < -0.4 is 5.32 Å². The molecule has 1 heterocycles. The molecular weight excluding hydrogens is 379 g/mol. The number of hydrogen-bond donors (Lipinski definition) is 1. The number of carbonyl (C=O) groups is 1. The highest BCUT2D eigenvalue weighted by atomic mass is 19.1. The maximum atomic E-state index is 14.8. The average Bonchev–Trinajstić information content (AvgIpc) is 2.68. The molecule has 2 aromatic rings. The van der Waals surface area contributed by atoms with Crippen molar-refractivity contribution in [3.05, 3.63) is 71.3 Å². The van der Waals surface area contributed by atoms with Crippen LogP contribution >= 0.6 is 0 Å². The molecule has 2 amide bonds. The Morgan fingerprint density at radius 2 is 1.72 bits per heavy atom. The minimum atomic E-state index is -1.18. The third kappa shape index (κ3) is 5.50.